The fraction of sp³-hybridized carbons (Fsp3) is 0.571. The van der Waals surface area contributed by atoms with E-state index in [0.29, 0.717) is 12.5 Å². The number of hydrogen-bond acceptors (Lipinski definition) is 3. The molecule has 0 fully saturated rings. The van der Waals surface area contributed by atoms with Crippen LogP contribution in [-0.4, -0.2) is 18.8 Å². The van der Waals surface area contributed by atoms with Crippen LogP contribution in [0.4, 0.5) is 0 Å². The summed E-state index contributed by atoms with van der Waals surface area (Å²) in [5, 5.41) is 10.3. The molecule has 1 aromatic rings. The van der Waals surface area contributed by atoms with E-state index in [1.165, 1.54) is 0 Å². The predicted octanol–water partition coefficient (Wildman–Crippen LogP) is 2.27. The number of rotatable bonds is 5. The molecule has 3 nitrogen and oxygen atoms in total. The number of aliphatic hydroxyl groups excluding tert-OH is 1. The molecule has 0 aliphatic heterocycles. The molecule has 0 saturated heterocycles. The zero-order valence-corrected chi connectivity index (χ0v) is 11.1. The van der Waals surface area contributed by atoms with Crippen molar-refractivity contribution in [3.63, 3.8) is 0 Å². The SMILES string of the molecule is COc1cc(C(O)C(CN)C(C)C)ccc1C. The molecule has 0 saturated carbocycles. The summed E-state index contributed by atoms with van der Waals surface area (Å²) in [6.45, 7) is 6.62. The molecular weight excluding hydrogens is 214 g/mol. The van der Waals surface area contributed by atoms with Gasteiger partial charge < -0.3 is 15.6 Å². The van der Waals surface area contributed by atoms with Gasteiger partial charge in [0.15, 0.2) is 0 Å². The Kier molecular flexibility index (Phi) is 4.97. The molecule has 0 radical (unpaired) electrons. The van der Waals surface area contributed by atoms with Crippen molar-refractivity contribution in [1.29, 1.82) is 0 Å². The van der Waals surface area contributed by atoms with Crippen LogP contribution in [0.2, 0.25) is 0 Å². The van der Waals surface area contributed by atoms with Crippen molar-refractivity contribution in [2.45, 2.75) is 26.9 Å². The minimum Gasteiger partial charge on any atom is -0.496 e. The van der Waals surface area contributed by atoms with E-state index in [2.05, 4.69) is 13.8 Å². The molecule has 0 aliphatic rings. The first-order valence-electron chi connectivity index (χ1n) is 6.04. The third-order valence-corrected chi connectivity index (χ3v) is 3.31. The second kappa shape index (κ2) is 6.03. The quantitative estimate of drug-likeness (QED) is 0.826. The third kappa shape index (κ3) is 3.20. The Morgan fingerprint density at radius 2 is 2.00 bits per heavy atom. The molecule has 0 aliphatic carbocycles. The van der Waals surface area contributed by atoms with Gasteiger partial charge in [-0.25, -0.2) is 0 Å². The number of methoxy groups -OCH3 is 1. The highest BCUT2D eigenvalue weighted by Crippen LogP contribution is 2.30. The van der Waals surface area contributed by atoms with Crippen LogP contribution < -0.4 is 10.5 Å². The van der Waals surface area contributed by atoms with E-state index in [1.807, 2.05) is 25.1 Å². The van der Waals surface area contributed by atoms with E-state index in [-0.39, 0.29) is 5.92 Å². The Bertz CT molecular complexity index is 363. The molecule has 1 rings (SSSR count). The highest BCUT2D eigenvalue weighted by molar-refractivity contribution is 5.37. The van der Waals surface area contributed by atoms with Crippen LogP contribution in [0.3, 0.4) is 0 Å². The molecule has 17 heavy (non-hydrogen) atoms. The summed E-state index contributed by atoms with van der Waals surface area (Å²) in [7, 11) is 1.64. The summed E-state index contributed by atoms with van der Waals surface area (Å²) in [6.07, 6.45) is -0.533. The Labute approximate surface area is 104 Å². The van der Waals surface area contributed by atoms with Crippen molar-refractivity contribution in [1.82, 2.24) is 0 Å². The highest BCUT2D eigenvalue weighted by atomic mass is 16.5. The highest BCUT2D eigenvalue weighted by Gasteiger charge is 2.23. The number of aryl methyl sites for hydroxylation is 1. The largest absolute Gasteiger partial charge is 0.496 e. The van der Waals surface area contributed by atoms with Crippen LogP contribution in [0.5, 0.6) is 5.75 Å². The molecule has 2 unspecified atom stereocenters. The molecule has 0 spiro atoms. The summed E-state index contributed by atoms with van der Waals surface area (Å²) < 4.78 is 5.27. The maximum absolute atomic E-state index is 10.3. The van der Waals surface area contributed by atoms with Crippen molar-refractivity contribution in [3.05, 3.63) is 29.3 Å². The maximum atomic E-state index is 10.3. The lowest BCUT2D eigenvalue weighted by Gasteiger charge is -2.25. The zero-order chi connectivity index (χ0) is 13.0. The number of aliphatic hydroxyl groups is 1. The Morgan fingerprint density at radius 1 is 1.35 bits per heavy atom. The first kappa shape index (κ1) is 14.0. The van der Waals surface area contributed by atoms with Crippen molar-refractivity contribution in [2.75, 3.05) is 13.7 Å². The molecule has 3 heteroatoms. The third-order valence-electron chi connectivity index (χ3n) is 3.31. The zero-order valence-electron chi connectivity index (χ0n) is 11.1. The van der Waals surface area contributed by atoms with Gasteiger partial charge in [0.05, 0.1) is 13.2 Å². The fourth-order valence-electron chi connectivity index (χ4n) is 2.03. The van der Waals surface area contributed by atoms with Crippen LogP contribution in [0.15, 0.2) is 18.2 Å². The first-order valence-corrected chi connectivity index (χ1v) is 6.04. The van der Waals surface area contributed by atoms with Gasteiger partial charge >= 0.3 is 0 Å². The summed E-state index contributed by atoms with van der Waals surface area (Å²) in [5.74, 6) is 1.23. The number of nitrogens with two attached hydrogens (primary N) is 1. The van der Waals surface area contributed by atoms with Gasteiger partial charge in [-0.3, -0.25) is 0 Å². The maximum Gasteiger partial charge on any atom is 0.122 e. The second-order valence-electron chi connectivity index (χ2n) is 4.82. The molecule has 96 valence electrons. The van der Waals surface area contributed by atoms with Crippen molar-refractivity contribution < 1.29 is 9.84 Å². The van der Waals surface area contributed by atoms with Gasteiger partial charge in [-0.2, -0.15) is 0 Å². The molecule has 0 heterocycles. The minimum absolute atomic E-state index is 0.0717. The molecule has 0 amide bonds. The number of benzene rings is 1. The summed E-state index contributed by atoms with van der Waals surface area (Å²) in [5.41, 5.74) is 7.66. The lowest BCUT2D eigenvalue weighted by Crippen LogP contribution is -2.26. The normalized spacial score (nSPS) is 14.8. The van der Waals surface area contributed by atoms with E-state index in [1.54, 1.807) is 7.11 Å². The monoisotopic (exact) mass is 237 g/mol. The van der Waals surface area contributed by atoms with Gasteiger partial charge in [0, 0.05) is 5.92 Å². The van der Waals surface area contributed by atoms with Gasteiger partial charge in [-0.15, -0.1) is 0 Å². The topological polar surface area (TPSA) is 55.5 Å². The lowest BCUT2D eigenvalue weighted by molar-refractivity contribution is 0.0859. The number of ether oxygens (including phenoxy) is 1. The molecule has 2 atom stereocenters. The van der Waals surface area contributed by atoms with Crippen molar-refractivity contribution >= 4 is 0 Å². The van der Waals surface area contributed by atoms with Gasteiger partial charge in [-0.05, 0) is 36.6 Å². The Balaban J connectivity index is 2.99. The van der Waals surface area contributed by atoms with Gasteiger partial charge in [0.25, 0.3) is 0 Å². The summed E-state index contributed by atoms with van der Waals surface area (Å²) in [4.78, 5) is 0. The van der Waals surface area contributed by atoms with Gasteiger partial charge in [-0.1, -0.05) is 26.0 Å². The van der Waals surface area contributed by atoms with Crippen LogP contribution in [-0.2, 0) is 0 Å². The standard InChI is InChI=1S/C14H23NO2/c1-9(2)12(8-15)14(16)11-6-5-10(3)13(7-11)17-4/h5-7,9,12,14,16H,8,15H2,1-4H3. The second-order valence-corrected chi connectivity index (χ2v) is 4.82. The molecule has 1 aromatic carbocycles. The van der Waals surface area contributed by atoms with E-state index in [9.17, 15) is 5.11 Å². The van der Waals surface area contributed by atoms with Crippen LogP contribution >= 0.6 is 0 Å². The number of hydrogen-bond donors (Lipinski definition) is 2. The van der Waals surface area contributed by atoms with E-state index < -0.39 is 6.10 Å². The van der Waals surface area contributed by atoms with E-state index >= 15 is 0 Å². The first-order chi connectivity index (χ1) is 8.01. The van der Waals surface area contributed by atoms with Crippen LogP contribution in [0.1, 0.15) is 31.1 Å². The average molecular weight is 237 g/mol. The molecule has 3 N–H and O–H groups in total. The summed E-state index contributed by atoms with van der Waals surface area (Å²) >= 11 is 0. The predicted molar refractivity (Wildman–Crippen MR) is 70.1 cm³/mol. The Hall–Kier alpha value is -1.06. The van der Waals surface area contributed by atoms with E-state index in [0.717, 1.165) is 16.9 Å². The summed E-state index contributed by atoms with van der Waals surface area (Å²) in [6, 6.07) is 5.80. The van der Waals surface area contributed by atoms with Gasteiger partial charge in [0.1, 0.15) is 5.75 Å². The Morgan fingerprint density at radius 3 is 2.47 bits per heavy atom. The van der Waals surface area contributed by atoms with Crippen molar-refractivity contribution in [2.24, 2.45) is 17.6 Å². The smallest absolute Gasteiger partial charge is 0.122 e. The van der Waals surface area contributed by atoms with Gasteiger partial charge in [0.2, 0.25) is 0 Å². The van der Waals surface area contributed by atoms with Crippen LogP contribution in [0.25, 0.3) is 0 Å². The molecular formula is C14H23NO2. The fourth-order valence-corrected chi connectivity index (χ4v) is 2.03. The molecule has 0 bridgehead atoms. The average Bonchev–Trinajstić information content (AvgIpc) is 2.29. The minimum atomic E-state index is -0.533. The molecule has 0 aromatic heterocycles. The van der Waals surface area contributed by atoms with E-state index in [4.69, 9.17) is 10.5 Å². The lowest BCUT2D eigenvalue weighted by atomic mass is 9.86. The van der Waals surface area contributed by atoms with Crippen molar-refractivity contribution in [3.8, 4) is 5.75 Å². The van der Waals surface area contributed by atoms with Crippen LogP contribution in [0, 0.1) is 18.8 Å².